The van der Waals surface area contributed by atoms with Crippen molar-refractivity contribution < 1.29 is 17.9 Å². The Hall–Kier alpha value is -2.06. The summed E-state index contributed by atoms with van der Waals surface area (Å²) in [6.45, 7) is 0. The van der Waals surface area contributed by atoms with Gasteiger partial charge in [0.1, 0.15) is 5.75 Å². The van der Waals surface area contributed by atoms with Crippen LogP contribution in [0.3, 0.4) is 0 Å². The molecular formula is C18H17BrN2O4S. The molecule has 2 aromatic carbocycles. The standard InChI is InChI=1S/C18H17BrN2O4S/c1-25-15-7-5-13(6-8-15)20-16-10-26(23,24)11-17(16)21(18(20)22)14-4-2-3-12(19)9-14/h2-9,16-17H,10-11H2,1H3/t16-,17-/m0/s1. The molecule has 0 spiro atoms. The molecule has 0 bridgehead atoms. The predicted molar refractivity (Wildman–Crippen MR) is 104 cm³/mol. The molecule has 8 heteroatoms. The van der Waals surface area contributed by atoms with Gasteiger partial charge in [-0.1, -0.05) is 22.0 Å². The molecule has 0 unspecified atom stereocenters. The molecular weight excluding hydrogens is 420 g/mol. The molecule has 0 aliphatic carbocycles. The van der Waals surface area contributed by atoms with Crippen LogP contribution in [0, 0.1) is 0 Å². The van der Waals surface area contributed by atoms with E-state index in [2.05, 4.69) is 15.9 Å². The normalized spacial score (nSPS) is 24.0. The number of urea groups is 1. The van der Waals surface area contributed by atoms with Crippen molar-refractivity contribution in [2.45, 2.75) is 12.1 Å². The van der Waals surface area contributed by atoms with Gasteiger partial charge >= 0.3 is 6.03 Å². The molecule has 4 rings (SSSR count). The minimum Gasteiger partial charge on any atom is -0.497 e. The summed E-state index contributed by atoms with van der Waals surface area (Å²) in [5.41, 5.74) is 1.35. The van der Waals surface area contributed by atoms with E-state index in [4.69, 9.17) is 4.74 Å². The van der Waals surface area contributed by atoms with Gasteiger partial charge in [-0.25, -0.2) is 13.2 Å². The molecule has 2 aromatic rings. The van der Waals surface area contributed by atoms with Crippen LogP contribution in [0.25, 0.3) is 0 Å². The zero-order valence-electron chi connectivity index (χ0n) is 14.0. The Kier molecular flexibility index (Phi) is 4.19. The Morgan fingerprint density at radius 2 is 1.62 bits per heavy atom. The van der Waals surface area contributed by atoms with Gasteiger partial charge in [-0.3, -0.25) is 9.80 Å². The minimum atomic E-state index is -3.21. The third-order valence-electron chi connectivity index (χ3n) is 4.81. The van der Waals surface area contributed by atoms with Crippen molar-refractivity contribution in [1.29, 1.82) is 0 Å². The fourth-order valence-corrected chi connectivity index (χ4v) is 5.98. The lowest BCUT2D eigenvalue weighted by molar-refractivity contribution is 0.255. The summed E-state index contributed by atoms with van der Waals surface area (Å²) in [7, 11) is -1.63. The van der Waals surface area contributed by atoms with Crippen molar-refractivity contribution in [2.24, 2.45) is 0 Å². The van der Waals surface area contributed by atoms with Crippen LogP contribution in [0.2, 0.25) is 0 Å². The number of sulfone groups is 1. The molecule has 2 saturated heterocycles. The molecule has 2 aliphatic heterocycles. The number of benzene rings is 2. The van der Waals surface area contributed by atoms with Crippen molar-refractivity contribution in [1.82, 2.24) is 0 Å². The van der Waals surface area contributed by atoms with E-state index in [-0.39, 0.29) is 17.5 Å². The quantitative estimate of drug-likeness (QED) is 0.693. The van der Waals surface area contributed by atoms with Gasteiger partial charge in [0, 0.05) is 15.8 Å². The molecule has 0 N–H and O–H groups in total. The molecule has 2 atom stereocenters. The Morgan fingerprint density at radius 1 is 1.00 bits per heavy atom. The van der Waals surface area contributed by atoms with Gasteiger partial charge in [0.05, 0.1) is 30.7 Å². The average molecular weight is 437 g/mol. The first-order valence-corrected chi connectivity index (χ1v) is 10.7. The number of carbonyl (C=O) groups excluding carboxylic acids is 1. The first kappa shape index (κ1) is 17.4. The number of rotatable bonds is 3. The Morgan fingerprint density at radius 3 is 2.19 bits per heavy atom. The lowest BCUT2D eigenvalue weighted by atomic mass is 10.1. The number of methoxy groups -OCH3 is 1. The summed E-state index contributed by atoms with van der Waals surface area (Å²) in [4.78, 5) is 16.4. The lowest BCUT2D eigenvalue weighted by Gasteiger charge is -2.23. The minimum absolute atomic E-state index is 0.0252. The molecule has 0 saturated carbocycles. The highest BCUT2D eigenvalue weighted by atomic mass is 79.9. The van der Waals surface area contributed by atoms with Crippen molar-refractivity contribution in [3.63, 3.8) is 0 Å². The topological polar surface area (TPSA) is 66.9 Å². The lowest BCUT2D eigenvalue weighted by Crippen LogP contribution is -2.37. The SMILES string of the molecule is COc1ccc(N2C(=O)N(c3cccc(Br)c3)[C@H]3CS(=O)(=O)C[C@@H]32)cc1. The molecule has 136 valence electrons. The van der Waals surface area contributed by atoms with E-state index in [9.17, 15) is 13.2 Å². The molecule has 2 aliphatic rings. The fourth-order valence-electron chi connectivity index (χ4n) is 3.68. The van der Waals surface area contributed by atoms with Crippen LogP contribution in [-0.2, 0) is 9.84 Å². The summed E-state index contributed by atoms with van der Waals surface area (Å²) >= 11 is 3.42. The van der Waals surface area contributed by atoms with Crippen LogP contribution in [0.4, 0.5) is 16.2 Å². The third kappa shape index (κ3) is 2.87. The number of carbonyl (C=O) groups is 1. The van der Waals surface area contributed by atoms with Crippen LogP contribution < -0.4 is 14.5 Å². The van der Waals surface area contributed by atoms with Gasteiger partial charge in [0.2, 0.25) is 0 Å². The van der Waals surface area contributed by atoms with Gasteiger partial charge in [-0.2, -0.15) is 0 Å². The molecule has 26 heavy (non-hydrogen) atoms. The molecule has 2 amide bonds. The third-order valence-corrected chi connectivity index (χ3v) is 7.00. The van der Waals surface area contributed by atoms with E-state index >= 15 is 0 Å². The van der Waals surface area contributed by atoms with Crippen molar-refractivity contribution in [3.05, 3.63) is 53.0 Å². The van der Waals surface area contributed by atoms with E-state index in [0.29, 0.717) is 17.1 Å². The maximum absolute atomic E-state index is 13.2. The maximum atomic E-state index is 13.2. The highest BCUT2D eigenvalue weighted by molar-refractivity contribution is 9.10. The van der Waals surface area contributed by atoms with Crippen LogP contribution >= 0.6 is 15.9 Å². The van der Waals surface area contributed by atoms with E-state index < -0.39 is 21.9 Å². The summed E-state index contributed by atoms with van der Waals surface area (Å²) in [5.74, 6) is 0.627. The number of anilines is 2. The zero-order chi connectivity index (χ0) is 18.5. The number of fused-ring (bicyclic) bond motifs is 1. The molecule has 0 aromatic heterocycles. The highest BCUT2D eigenvalue weighted by Crippen LogP contribution is 2.38. The Bertz CT molecular complexity index is 961. The van der Waals surface area contributed by atoms with E-state index in [1.54, 1.807) is 41.2 Å². The maximum Gasteiger partial charge on any atom is 0.329 e. The Balaban J connectivity index is 1.78. The zero-order valence-corrected chi connectivity index (χ0v) is 16.4. The molecule has 0 radical (unpaired) electrons. The van der Waals surface area contributed by atoms with Crippen molar-refractivity contribution in [2.75, 3.05) is 28.4 Å². The summed E-state index contributed by atoms with van der Waals surface area (Å²) < 4.78 is 30.6. The Labute approximate surface area is 160 Å². The van der Waals surface area contributed by atoms with Crippen LogP contribution in [0.1, 0.15) is 0 Å². The van der Waals surface area contributed by atoms with Crippen LogP contribution in [-0.4, -0.2) is 45.1 Å². The van der Waals surface area contributed by atoms with Gasteiger partial charge in [0.25, 0.3) is 0 Å². The van der Waals surface area contributed by atoms with Gasteiger partial charge < -0.3 is 4.74 Å². The second-order valence-electron chi connectivity index (χ2n) is 6.41. The molecule has 2 heterocycles. The number of hydrogen-bond donors (Lipinski definition) is 0. The summed E-state index contributed by atoms with van der Waals surface area (Å²) in [5, 5.41) is 0. The first-order chi connectivity index (χ1) is 12.4. The van der Waals surface area contributed by atoms with Gasteiger partial charge in [0.15, 0.2) is 9.84 Å². The highest BCUT2D eigenvalue weighted by Gasteiger charge is 2.54. The predicted octanol–water partition coefficient (Wildman–Crippen LogP) is 3.07. The molecule has 2 fully saturated rings. The monoisotopic (exact) mass is 436 g/mol. The second kappa shape index (κ2) is 6.28. The van der Waals surface area contributed by atoms with Gasteiger partial charge in [-0.15, -0.1) is 0 Å². The first-order valence-electron chi connectivity index (χ1n) is 8.12. The number of amides is 2. The van der Waals surface area contributed by atoms with Crippen molar-refractivity contribution >= 4 is 43.2 Å². The van der Waals surface area contributed by atoms with E-state index in [1.165, 1.54) is 0 Å². The average Bonchev–Trinajstić information content (AvgIpc) is 3.03. The van der Waals surface area contributed by atoms with Crippen LogP contribution in [0.15, 0.2) is 53.0 Å². The number of nitrogens with zero attached hydrogens (tertiary/aromatic N) is 2. The summed E-state index contributed by atoms with van der Waals surface area (Å²) in [6.07, 6.45) is 0. The molecule has 6 nitrogen and oxygen atoms in total. The number of ether oxygens (including phenoxy) is 1. The van der Waals surface area contributed by atoms with Crippen LogP contribution in [0.5, 0.6) is 5.75 Å². The van der Waals surface area contributed by atoms with E-state index in [0.717, 1.165) is 4.47 Å². The largest absolute Gasteiger partial charge is 0.497 e. The summed E-state index contributed by atoms with van der Waals surface area (Å²) in [6, 6.07) is 13.4. The fraction of sp³-hybridized carbons (Fsp3) is 0.278. The van der Waals surface area contributed by atoms with Gasteiger partial charge in [-0.05, 0) is 42.5 Å². The number of halogens is 1. The smallest absolute Gasteiger partial charge is 0.329 e. The van der Waals surface area contributed by atoms with E-state index in [1.807, 2.05) is 24.3 Å². The second-order valence-corrected chi connectivity index (χ2v) is 9.48. The van der Waals surface area contributed by atoms with Crippen molar-refractivity contribution in [3.8, 4) is 5.75 Å². The number of hydrogen-bond acceptors (Lipinski definition) is 4.